The Kier molecular flexibility index (Phi) is 13.9. The van der Waals surface area contributed by atoms with Crippen LogP contribution in [0.25, 0.3) is 0 Å². The quantitative estimate of drug-likeness (QED) is 0.330. The number of nitrogens with two attached hydrogens (primary N) is 1. The van der Waals surface area contributed by atoms with Crippen LogP contribution in [0.5, 0.6) is 0 Å². The zero-order valence-corrected chi connectivity index (χ0v) is 17.1. The smallest absolute Gasteiger partial charge is 0.808 e. The Labute approximate surface area is 167 Å². The molecule has 0 fully saturated rings. The van der Waals surface area contributed by atoms with Crippen molar-refractivity contribution < 1.29 is 33.8 Å². The van der Waals surface area contributed by atoms with E-state index < -0.39 is 26.7 Å². The fourth-order valence-corrected chi connectivity index (χ4v) is 2.83. The maximum Gasteiger partial charge on any atom is 2.00 e. The van der Waals surface area contributed by atoms with Gasteiger partial charge in [-0.15, -0.1) is 0 Å². The van der Waals surface area contributed by atoms with Gasteiger partial charge in [0, 0.05) is 0 Å². The van der Waals surface area contributed by atoms with E-state index >= 15 is 0 Å². The summed E-state index contributed by atoms with van der Waals surface area (Å²) in [6, 6.07) is 0. The van der Waals surface area contributed by atoms with Gasteiger partial charge < -0.3 is 39.5 Å². The van der Waals surface area contributed by atoms with Gasteiger partial charge in [-0.05, 0) is 34.6 Å². The van der Waals surface area contributed by atoms with Crippen LogP contribution in [0, 0.1) is 0 Å². The average molecular weight is 420 g/mol. The van der Waals surface area contributed by atoms with E-state index in [-0.39, 0.29) is 104 Å². The minimum absolute atomic E-state index is 0. The molecule has 12 heteroatoms. The van der Waals surface area contributed by atoms with Gasteiger partial charge in [-0.3, -0.25) is 0 Å². The van der Waals surface area contributed by atoms with Crippen LogP contribution in [0.3, 0.4) is 0 Å². The molecule has 0 radical (unpaired) electrons. The fraction of sp³-hybridized carbons (Fsp3) is 1.00. The van der Waals surface area contributed by atoms with E-state index in [0.717, 1.165) is 0 Å². The van der Waals surface area contributed by atoms with Crippen LogP contribution in [0.4, 0.5) is 0 Å². The Morgan fingerprint density at radius 1 is 1.06 bits per heavy atom. The standard InChI is InChI=1S/C4H13NO7P2.2Sr/c5-3-1-2-4(6,13(7,8)9)14(10,11)12;;/h6H,1-3,5H2,(H2,7,8,9)(H2,10,11,12);;/q;2*+2/p-4. The van der Waals surface area contributed by atoms with Gasteiger partial charge in [0.05, 0.1) is 0 Å². The van der Waals surface area contributed by atoms with Crippen molar-refractivity contribution in [3.05, 3.63) is 0 Å². The first-order chi connectivity index (χ1) is 6.06. The first-order valence-electron chi connectivity index (χ1n) is 3.53. The second kappa shape index (κ2) is 9.18. The molecule has 86 valence electrons. The van der Waals surface area contributed by atoms with Gasteiger partial charge in [0.2, 0.25) is 0 Å². The second-order valence-electron chi connectivity index (χ2n) is 2.66. The van der Waals surface area contributed by atoms with Crippen molar-refractivity contribution in [2.75, 3.05) is 6.54 Å². The van der Waals surface area contributed by atoms with Gasteiger partial charge in [0.1, 0.15) is 5.08 Å². The van der Waals surface area contributed by atoms with Gasteiger partial charge in [0.15, 0.2) is 0 Å². The molecule has 0 aliphatic heterocycles. The molecule has 0 aliphatic rings. The molecule has 8 nitrogen and oxygen atoms in total. The predicted octanol–water partition coefficient (Wildman–Crippen LogP) is -4.56. The van der Waals surface area contributed by atoms with Crippen molar-refractivity contribution in [3.63, 3.8) is 0 Å². The molecule has 0 aliphatic carbocycles. The summed E-state index contributed by atoms with van der Waals surface area (Å²) < 4.78 is 20.8. The minimum Gasteiger partial charge on any atom is -0.808 e. The normalized spacial score (nSPS) is 12.6. The zero-order chi connectivity index (χ0) is 11.6. The zero-order valence-electron chi connectivity index (χ0n) is 8.40. The van der Waals surface area contributed by atoms with Crippen molar-refractivity contribution >= 4 is 106 Å². The molecule has 0 saturated carbocycles. The molecule has 0 aromatic carbocycles. The monoisotopic (exact) mass is 421 g/mol. The van der Waals surface area contributed by atoms with Crippen molar-refractivity contribution in [1.82, 2.24) is 0 Å². The van der Waals surface area contributed by atoms with Crippen LogP contribution in [0.1, 0.15) is 12.8 Å². The Hall–Kier alpha value is 3.18. The van der Waals surface area contributed by atoms with Crippen molar-refractivity contribution in [2.24, 2.45) is 5.73 Å². The Bertz CT molecular complexity index is 266. The van der Waals surface area contributed by atoms with Gasteiger partial charge in [-0.25, -0.2) is 0 Å². The third-order valence-electron chi connectivity index (χ3n) is 1.59. The summed E-state index contributed by atoms with van der Waals surface area (Å²) in [4.78, 5) is 41.7. The number of rotatable bonds is 5. The first-order valence-corrected chi connectivity index (χ1v) is 6.61. The predicted molar refractivity (Wildman–Crippen MR) is 50.0 cm³/mol. The maximum atomic E-state index is 10.4. The van der Waals surface area contributed by atoms with Crippen molar-refractivity contribution in [3.8, 4) is 0 Å². The summed E-state index contributed by atoms with van der Waals surface area (Å²) >= 11 is 0. The number of hydrogen-bond acceptors (Lipinski definition) is 8. The van der Waals surface area contributed by atoms with E-state index in [9.17, 15) is 28.7 Å². The molecule has 0 bridgehead atoms. The van der Waals surface area contributed by atoms with Gasteiger partial charge in [-0.2, -0.15) is 0 Å². The number of hydrogen-bond donors (Lipinski definition) is 2. The molecule has 0 spiro atoms. The summed E-state index contributed by atoms with van der Waals surface area (Å²) in [5, 5.41) is 5.22. The molecule has 0 amide bonds. The molecule has 3 N–H and O–H groups in total. The van der Waals surface area contributed by atoms with E-state index in [1.807, 2.05) is 0 Å². The van der Waals surface area contributed by atoms with Crippen LogP contribution in [0.2, 0.25) is 0 Å². The van der Waals surface area contributed by atoms with Gasteiger partial charge in [0.25, 0.3) is 0 Å². The van der Waals surface area contributed by atoms with E-state index in [2.05, 4.69) is 0 Å². The fourth-order valence-electron chi connectivity index (χ4n) is 0.763. The van der Waals surface area contributed by atoms with Gasteiger partial charge in [-0.1, -0.05) is 0 Å². The van der Waals surface area contributed by atoms with Crippen molar-refractivity contribution in [1.29, 1.82) is 0 Å². The van der Waals surface area contributed by atoms with Crippen LogP contribution < -0.4 is 25.3 Å². The van der Waals surface area contributed by atoms with E-state index in [0.29, 0.717) is 0 Å². The SMILES string of the molecule is NCCCC(O)(P(=O)([O-])[O-])P(=O)([O-])[O-].[Sr+2].[Sr+2]. The summed E-state index contributed by atoms with van der Waals surface area (Å²) in [5.74, 6) is 0. The summed E-state index contributed by atoms with van der Waals surface area (Å²) in [6.45, 7) is -0.150. The largest absolute Gasteiger partial charge is 2.00 e. The Morgan fingerprint density at radius 3 is 1.56 bits per heavy atom. The second-order valence-corrected chi connectivity index (χ2v) is 6.48. The third kappa shape index (κ3) is 6.56. The Balaban J connectivity index is -0.000000845. The van der Waals surface area contributed by atoms with E-state index in [1.165, 1.54) is 0 Å². The molecular formula is C4H9NO7P2Sr2. The molecule has 16 heavy (non-hydrogen) atoms. The molecule has 0 rings (SSSR count). The van der Waals surface area contributed by atoms with E-state index in [4.69, 9.17) is 10.8 Å². The van der Waals surface area contributed by atoms with Crippen LogP contribution in [-0.4, -0.2) is 108 Å². The van der Waals surface area contributed by atoms with E-state index in [1.54, 1.807) is 0 Å². The molecule has 0 unspecified atom stereocenters. The van der Waals surface area contributed by atoms with Crippen LogP contribution in [-0.2, 0) is 9.13 Å². The Morgan fingerprint density at radius 2 is 1.38 bits per heavy atom. The van der Waals surface area contributed by atoms with Gasteiger partial charge >= 0.3 is 91.0 Å². The van der Waals surface area contributed by atoms with Crippen LogP contribution >= 0.6 is 15.2 Å². The topological polar surface area (TPSA) is 173 Å². The summed E-state index contributed by atoms with van der Waals surface area (Å²) in [7, 11) is -11.9. The summed E-state index contributed by atoms with van der Waals surface area (Å²) in [5.41, 5.74) is 4.92. The summed E-state index contributed by atoms with van der Waals surface area (Å²) in [6.07, 6.45) is -1.27. The molecule has 0 atom stereocenters. The molecule has 0 aromatic rings. The molecular weight excluding hydrogens is 411 g/mol. The maximum absolute atomic E-state index is 10.4. The first kappa shape index (κ1) is 24.2. The molecule has 0 heterocycles. The molecule has 0 aromatic heterocycles. The molecule has 0 saturated heterocycles. The number of aliphatic hydroxyl groups is 1. The third-order valence-corrected chi connectivity index (χ3v) is 5.26. The van der Waals surface area contributed by atoms with Crippen molar-refractivity contribution in [2.45, 2.75) is 17.9 Å². The van der Waals surface area contributed by atoms with Crippen LogP contribution in [0.15, 0.2) is 0 Å². The minimum atomic E-state index is -5.93. The average Bonchev–Trinajstić information content (AvgIpc) is 1.95.